The Morgan fingerprint density at radius 1 is 1.53 bits per heavy atom. The van der Waals surface area contributed by atoms with E-state index in [0.29, 0.717) is 19.1 Å². The molecule has 0 aromatic rings. The van der Waals surface area contributed by atoms with Crippen LogP contribution < -0.4 is 10.6 Å². The van der Waals surface area contributed by atoms with Gasteiger partial charge >= 0.3 is 6.03 Å². The summed E-state index contributed by atoms with van der Waals surface area (Å²) in [6.45, 7) is 7.95. The van der Waals surface area contributed by atoms with Crippen LogP contribution in [0.25, 0.3) is 0 Å². The summed E-state index contributed by atoms with van der Waals surface area (Å²) in [5.41, 5.74) is -0.242. The normalized spacial score (nSPS) is 20.4. The lowest BCUT2D eigenvalue weighted by molar-refractivity contribution is 0.164. The van der Waals surface area contributed by atoms with Crippen LogP contribution in [0.1, 0.15) is 33.6 Å². The van der Waals surface area contributed by atoms with E-state index in [1.54, 1.807) is 4.90 Å². The van der Waals surface area contributed by atoms with Crippen LogP contribution >= 0.6 is 0 Å². The van der Waals surface area contributed by atoms with Crippen LogP contribution in [0, 0.1) is 0 Å². The Morgan fingerprint density at radius 2 is 2.24 bits per heavy atom. The highest BCUT2D eigenvalue weighted by Crippen LogP contribution is 2.08. The number of aliphatic hydroxyl groups excluding tert-OH is 1. The maximum Gasteiger partial charge on any atom is 0.317 e. The molecule has 100 valence electrons. The predicted octanol–water partition coefficient (Wildman–Crippen LogP) is 0.541. The first-order valence-electron chi connectivity index (χ1n) is 6.34. The first-order valence-corrected chi connectivity index (χ1v) is 6.34. The highest BCUT2D eigenvalue weighted by atomic mass is 16.3. The SMILES string of the molecule is CC(C)(C)NC(=O)N(CCO)CC1CCCN1. The Labute approximate surface area is 104 Å². The second-order valence-electron chi connectivity index (χ2n) is 5.64. The lowest BCUT2D eigenvalue weighted by Crippen LogP contribution is -2.52. The van der Waals surface area contributed by atoms with Crippen molar-refractivity contribution in [3.8, 4) is 0 Å². The van der Waals surface area contributed by atoms with Gasteiger partial charge in [0.2, 0.25) is 0 Å². The molecule has 3 N–H and O–H groups in total. The molecule has 1 fully saturated rings. The molecule has 17 heavy (non-hydrogen) atoms. The molecule has 0 spiro atoms. The van der Waals surface area contributed by atoms with E-state index in [-0.39, 0.29) is 18.2 Å². The molecule has 5 nitrogen and oxygen atoms in total. The summed E-state index contributed by atoms with van der Waals surface area (Å²) in [6, 6.07) is 0.271. The molecular formula is C12H25N3O2. The highest BCUT2D eigenvalue weighted by Gasteiger charge is 2.23. The van der Waals surface area contributed by atoms with Crippen LogP contribution in [0.5, 0.6) is 0 Å². The second-order valence-corrected chi connectivity index (χ2v) is 5.64. The summed E-state index contributed by atoms with van der Waals surface area (Å²) >= 11 is 0. The second kappa shape index (κ2) is 6.21. The molecule has 0 radical (unpaired) electrons. The van der Waals surface area contributed by atoms with Gasteiger partial charge in [0.1, 0.15) is 0 Å². The minimum atomic E-state index is -0.242. The smallest absolute Gasteiger partial charge is 0.317 e. The number of urea groups is 1. The monoisotopic (exact) mass is 243 g/mol. The van der Waals surface area contributed by atoms with Crippen LogP contribution in [-0.4, -0.2) is 53.9 Å². The lowest BCUT2D eigenvalue weighted by Gasteiger charge is -2.29. The maximum atomic E-state index is 12.0. The van der Waals surface area contributed by atoms with E-state index in [2.05, 4.69) is 10.6 Å². The van der Waals surface area contributed by atoms with Gasteiger partial charge in [-0.05, 0) is 40.2 Å². The molecule has 0 aromatic heterocycles. The van der Waals surface area contributed by atoms with Gasteiger partial charge in [-0.25, -0.2) is 4.79 Å². The van der Waals surface area contributed by atoms with Gasteiger partial charge in [-0.2, -0.15) is 0 Å². The van der Waals surface area contributed by atoms with E-state index < -0.39 is 0 Å². The van der Waals surface area contributed by atoms with Crippen LogP contribution in [0.15, 0.2) is 0 Å². The van der Waals surface area contributed by atoms with Crippen molar-refractivity contribution in [1.82, 2.24) is 15.5 Å². The Bertz CT molecular complexity index is 245. The number of amides is 2. The summed E-state index contributed by atoms with van der Waals surface area (Å²) in [5, 5.41) is 15.3. The van der Waals surface area contributed by atoms with Crippen LogP contribution in [0.2, 0.25) is 0 Å². The van der Waals surface area contributed by atoms with Gasteiger partial charge in [0.05, 0.1) is 6.61 Å². The molecule has 1 heterocycles. The minimum Gasteiger partial charge on any atom is -0.395 e. The summed E-state index contributed by atoms with van der Waals surface area (Å²) in [4.78, 5) is 13.7. The molecule has 0 saturated carbocycles. The van der Waals surface area contributed by atoms with Crippen molar-refractivity contribution in [1.29, 1.82) is 0 Å². The molecule has 0 aliphatic carbocycles. The Balaban J connectivity index is 2.48. The number of rotatable bonds is 4. The average molecular weight is 243 g/mol. The van der Waals surface area contributed by atoms with Crippen molar-refractivity contribution in [2.24, 2.45) is 0 Å². The molecule has 0 aromatic carbocycles. The lowest BCUT2D eigenvalue weighted by atomic mass is 10.1. The number of nitrogens with one attached hydrogen (secondary N) is 2. The first-order chi connectivity index (χ1) is 7.92. The van der Waals surface area contributed by atoms with Crippen molar-refractivity contribution >= 4 is 6.03 Å². The molecule has 1 atom stereocenters. The molecule has 5 heteroatoms. The van der Waals surface area contributed by atoms with Crippen molar-refractivity contribution < 1.29 is 9.90 Å². The third-order valence-electron chi connectivity index (χ3n) is 2.74. The third kappa shape index (κ3) is 5.37. The third-order valence-corrected chi connectivity index (χ3v) is 2.74. The zero-order valence-corrected chi connectivity index (χ0v) is 11.1. The van der Waals surface area contributed by atoms with Gasteiger partial charge in [-0.3, -0.25) is 0 Å². The molecule has 1 saturated heterocycles. The van der Waals surface area contributed by atoms with Crippen LogP contribution in [-0.2, 0) is 0 Å². The minimum absolute atomic E-state index is 0.00425. The zero-order chi connectivity index (χ0) is 12.9. The summed E-state index contributed by atoms with van der Waals surface area (Å²) in [5.74, 6) is 0. The molecule has 0 bridgehead atoms. The largest absolute Gasteiger partial charge is 0.395 e. The molecule has 1 unspecified atom stereocenters. The van der Waals surface area contributed by atoms with Crippen molar-refractivity contribution in [3.05, 3.63) is 0 Å². The fourth-order valence-corrected chi connectivity index (χ4v) is 1.97. The first kappa shape index (κ1) is 14.3. The number of aliphatic hydroxyl groups is 1. The van der Waals surface area contributed by atoms with Gasteiger partial charge in [-0.1, -0.05) is 0 Å². The average Bonchev–Trinajstić information content (AvgIpc) is 2.67. The van der Waals surface area contributed by atoms with Gasteiger partial charge in [0, 0.05) is 24.7 Å². The summed E-state index contributed by atoms with van der Waals surface area (Å²) in [7, 11) is 0. The zero-order valence-electron chi connectivity index (χ0n) is 11.1. The number of nitrogens with zero attached hydrogens (tertiary/aromatic N) is 1. The van der Waals surface area contributed by atoms with E-state index in [9.17, 15) is 4.79 Å². The fourth-order valence-electron chi connectivity index (χ4n) is 1.97. The number of carbonyl (C=O) groups is 1. The summed E-state index contributed by atoms with van der Waals surface area (Å²) < 4.78 is 0. The molecule has 1 rings (SSSR count). The highest BCUT2D eigenvalue weighted by molar-refractivity contribution is 5.75. The Hall–Kier alpha value is -0.810. The van der Waals surface area contributed by atoms with Crippen molar-refractivity contribution in [2.75, 3.05) is 26.2 Å². The molecule has 1 aliphatic heterocycles. The van der Waals surface area contributed by atoms with Gasteiger partial charge in [0.15, 0.2) is 0 Å². The Kier molecular flexibility index (Phi) is 5.21. The molecule has 2 amide bonds. The van der Waals surface area contributed by atoms with Gasteiger partial charge in [-0.15, -0.1) is 0 Å². The van der Waals surface area contributed by atoms with Gasteiger partial charge < -0.3 is 20.6 Å². The van der Waals surface area contributed by atoms with E-state index in [1.165, 1.54) is 6.42 Å². The van der Waals surface area contributed by atoms with Gasteiger partial charge in [0.25, 0.3) is 0 Å². The fraction of sp³-hybridized carbons (Fsp3) is 0.917. The standard InChI is InChI=1S/C12H25N3O2/c1-12(2,3)14-11(17)15(7-8-16)9-10-5-4-6-13-10/h10,13,16H,4-9H2,1-3H3,(H,14,17). The molecular weight excluding hydrogens is 218 g/mol. The predicted molar refractivity (Wildman–Crippen MR) is 68.0 cm³/mol. The van der Waals surface area contributed by atoms with Crippen molar-refractivity contribution in [2.45, 2.75) is 45.2 Å². The summed E-state index contributed by atoms with van der Waals surface area (Å²) in [6.07, 6.45) is 2.27. The number of carbonyl (C=O) groups excluding carboxylic acids is 1. The number of hydrogen-bond acceptors (Lipinski definition) is 3. The van der Waals surface area contributed by atoms with E-state index in [4.69, 9.17) is 5.11 Å². The molecule has 1 aliphatic rings. The van der Waals surface area contributed by atoms with E-state index in [1.807, 2.05) is 20.8 Å². The van der Waals surface area contributed by atoms with E-state index >= 15 is 0 Å². The van der Waals surface area contributed by atoms with E-state index in [0.717, 1.165) is 13.0 Å². The van der Waals surface area contributed by atoms with Crippen LogP contribution in [0.3, 0.4) is 0 Å². The topological polar surface area (TPSA) is 64.6 Å². The quantitative estimate of drug-likeness (QED) is 0.675. The Morgan fingerprint density at radius 3 is 2.71 bits per heavy atom. The van der Waals surface area contributed by atoms with Crippen molar-refractivity contribution in [3.63, 3.8) is 0 Å². The van der Waals surface area contributed by atoms with Crippen LogP contribution in [0.4, 0.5) is 4.79 Å². The maximum absolute atomic E-state index is 12.0. The number of hydrogen-bond donors (Lipinski definition) is 3.